The number of aryl methyl sites for hydroxylation is 1. The normalized spacial score (nSPS) is 18.4. The second-order valence-electron chi connectivity index (χ2n) is 11.4. The molecule has 0 N–H and O–H groups in total. The first-order chi connectivity index (χ1) is 21.8. The van der Waals surface area contributed by atoms with Crippen LogP contribution < -0.4 is 4.74 Å². The summed E-state index contributed by atoms with van der Waals surface area (Å²) < 4.78 is 13.1. The third-order valence-electron chi connectivity index (χ3n) is 8.90. The molecule has 3 heterocycles. The van der Waals surface area contributed by atoms with Crippen LogP contribution in [0.25, 0.3) is 45.4 Å². The number of hydrogen-bond acceptors (Lipinski definition) is 5. The molecule has 2 atom stereocenters. The van der Waals surface area contributed by atoms with Gasteiger partial charge in [-0.25, -0.2) is 15.0 Å². The fraction of sp³-hybridized carbons (Fsp3) is 0.103. The predicted molar refractivity (Wildman–Crippen MR) is 173 cm³/mol. The van der Waals surface area contributed by atoms with Crippen LogP contribution in [0, 0.1) is 0 Å². The Morgan fingerprint density at radius 3 is 2.00 bits per heavy atom. The van der Waals surface area contributed by atoms with Crippen molar-refractivity contribution in [3.05, 3.63) is 155 Å². The minimum atomic E-state index is -0.193. The number of fused-ring (bicyclic) bond motifs is 6. The smallest absolute Gasteiger partial charge is 0.164 e. The maximum absolute atomic E-state index is 6.75. The van der Waals surface area contributed by atoms with Gasteiger partial charge in [0.15, 0.2) is 17.5 Å². The van der Waals surface area contributed by atoms with Crippen LogP contribution in [0.3, 0.4) is 0 Å². The monoisotopic (exact) mass is 569 g/mol. The topological polar surface area (TPSA) is 61.0 Å². The molecule has 5 heteroatoms. The Labute approximate surface area is 254 Å². The summed E-state index contributed by atoms with van der Waals surface area (Å²) in [5.41, 5.74) is 8.75. The van der Waals surface area contributed by atoms with Gasteiger partial charge in [0.05, 0.1) is 5.92 Å². The molecule has 2 aliphatic carbocycles. The summed E-state index contributed by atoms with van der Waals surface area (Å²) >= 11 is 0. The van der Waals surface area contributed by atoms with E-state index in [9.17, 15) is 0 Å². The molecule has 1 aliphatic heterocycles. The first-order valence-electron chi connectivity index (χ1n) is 15.1. The first-order valence-corrected chi connectivity index (χ1v) is 15.1. The maximum Gasteiger partial charge on any atom is 0.164 e. The zero-order chi connectivity index (χ0) is 29.0. The van der Waals surface area contributed by atoms with Gasteiger partial charge in [-0.3, -0.25) is 0 Å². The van der Waals surface area contributed by atoms with E-state index in [4.69, 9.17) is 24.1 Å². The zero-order valence-electron chi connectivity index (χ0n) is 23.9. The summed E-state index contributed by atoms with van der Waals surface area (Å²) in [5, 5.41) is 1.21. The van der Waals surface area contributed by atoms with Gasteiger partial charge < -0.3 is 9.15 Å². The Bertz CT molecular complexity index is 2100. The first kappa shape index (κ1) is 25.0. The van der Waals surface area contributed by atoms with Crippen LogP contribution in [0.5, 0.6) is 5.75 Å². The van der Waals surface area contributed by atoms with Crippen molar-refractivity contribution in [3.8, 4) is 28.5 Å². The number of aromatic nitrogens is 3. The van der Waals surface area contributed by atoms with E-state index in [0.717, 1.165) is 52.2 Å². The number of nitrogens with zero attached hydrogens (tertiary/aromatic N) is 3. The van der Waals surface area contributed by atoms with Crippen molar-refractivity contribution in [1.82, 2.24) is 15.0 Å². The minimum absolute atomic E-state index is 0.0567. The third kappa shape index (κ3) is 4.04. The van der Waals surface area contributed by atoms with Crippen molar-refractivity contribution < 1.29 is 9.15 Å². The fourth-order valence-corrected chi connectivity index (χ4v) is 6.82. The van der Waals surface area contributed by atoms with Gasteiger partial charge in [0.1, 0.15) is 23.2 Å². The summed E-state index contributed by atoms with van der Waals surface area (Å²) in [6, 6.07) is 36.9. The van der Waals surface area contributed by atoms with Crippen LogP contribution in [-0.4, -0.2) is 21.1 Å². The van der Waals surface area contributed by atoms with Crippen LogP contribution in [0.15, 0.2) is 137 Å². The van der Waals surface area contributed by atoms with Crippen molar-refractivity contribution in [2.45, 2.75) is 24.9 Å². The van der Waals surface area contributed by atoms with Gasteiger partial charge in [0.2, 0.25) is 0 Å². The Kier molecular flexibility index (Phi) is 5.69. The number of para-hydroxylation sites is 2. The molecule has 0 bridgehead atoms. The maximum atomic E-state index is 6.75. The Hall–Kier alpha value is -5.55. The second kappa shape index (κ2) is 10.0. The molecule has 4 aromatic carbocycles. The van der Waals surface area contributed by atoms with E-state index in [-0.39, 0.29) is 12.0 Å². The van der Waals surface area contributed by atoms with Gasteiger partial charge in [0.25, 0.3) is 0 Å². The molecule has 2 aromatic heterocycles. The fourth-order valence-electron chi connectivity index (χ4n) is 6.82. The van der Waals surface area contributed by atoms with Gasteiger partial charge in [-0.15, -0.1) is 0 Å². The summed E-state index contributed by atoms with van der Waals surface area (Å²) in [6.45, 7) is 0. The number of rotatable bonds is 4. The molecule has 0 amide bonds. The van der Waals surface area contributed by atoms with E-state index < -0.39 is 0 Å². The molecule has 0 saturated carbocycles. The molecular weight excluding hydrogens is 542 g/mol. The predicted octanol–water partition coefficient (Wildman–Crippen LogP) is 8.85. The summed E-state index contributed by atoms with van der Waals surface area (Å²) in [6.07, 6.45) is 8.28. The molecule has 0 radical (unpaired) electrons. The third-order valence-corrected chi connectivity index (χ3v) is 8.90. The largest absolute Gasteiger partial charge is 0.484 e. The lowest BCUT2D eigenvalue weighted by molar-refractivity contribution is 0.260. The van der Waals surface area contributed by atoms with E-state index in [1.807, 2.05) is 78.9 Å². The van der Waals surface area contributed by atoms with E-state index in [1.54, 1.807) is 0 Å². The molecule has 0 spiro atoms. The highest BCUT2D eigenvalue weighted by molar-refractivity contribution is 5.86. The van der Waals surface area contributed by atoms with Gasteiger partial charge in [-0.05, 0) is 42.2 Å². The van der Waals surface area contributed by atoms with Gasteiger partial charge in [0, 0.05) is 33.2 Å². The molecule has 9 rings (SSSR count). The number of ether oxygens (including phenoxy) is 1. The van der Waals surface area contributed by atoms with E-state index in [2.05, 4.69) is 48.6 Å². The highest BCUT2D eigenvalue weighted by Crippen LogP contribution is 2.51. The van der Waals surface area contributed by atoms with Gasteiger partial charge in [-0.1, -0.05) is 109 Å². The molecular formula is C39H27N3O2. The van der Waals surface area contributed by atoms with E-state index >= 15 is 0 Å². The summed E-state index contributed by atoms with van der Waals surface area (Å²) in [4.78, 5) is 15.1. The second-order valence-corrected chi connectivity index (χ2v) is 11.4. The van der Waals surface area contributed by atoms with Gasteiger partial charge >= 0.3 is 0 Å². The summed E-state index contributed by atoms with van der Waals surface area (Å²) in [7, 11) is 0. The van der Waals surface area contributed by atoms with Crippen LogP contribution in [0.1, 0.15) is 35.1 Å². The number of benzene rings is 4. The standard InChI is InChI=1S/C39H27N3O2/c1-3-11-24(12-4-1)37-40-38(25-13-5-2-6-14-25)42-39(41-37)31-22-21-27(36-35(31)30-16-8-10-18-33(30)44-36)26-19-20-29-28-15-7-9-17-32(28)43-34(29)23-26/h1-18,21-23,35-36H,19-20H2. The molecule has 0 fully saturated rings. The molecule has 210 valence electrons. The van der Waals surface area contributed by atoms with Crippen LogP contribution in [0.4, 0.5) is 0 Å². The van der Waals surface area contributed by atoms with Crippen molar-refractivity contribution >= 4 is 22.6 Å². The molecule has 5 nitrogen and oxygen atoms in total. The average Bonchev–Trinajstić information content (AvgIpc) is 3.67. The lowest BCUT2D eigenvalue weighted by Crippen LogP contribution is -2.27. The van der Waals surface area contributed by atoms with Crippen molar-refractivity contribution in [2.24, 2.45) is 0 Å². The molecule has 2 unspecified atom stereocenters. The highest BCUT2D eigenvalue weighted by Gasteiger charge is 2.43. The van der Waals surface area contributed by atoms with Crippen molar-refractivity contribution in [1.29, 1.82) is 0 Å². The van der Waals surface area contributed by atoms with Crippen molar-refractivity contribution in [2.75, 3.05) is 0 Å². The van der Waals surface area contributed by atoms with Crippen LogP contribution in [-0.2, 0) is 6.42 Å². The minimum Gasteiger partial charge on any atom is -0.484 e. The highest BCUT2D eigenvalue weighted by atomic mass is 16.5. The molecule has 3 aliphatic rings. The lowest BCUT2D eigenvalue weighted by Gasteiger charge is -2.29. The Balaban J connectivity index is 1.21. The van der Waals surface area contributed by atoms with E-state index in [0.29, 0.717) is 17.5 Å². The summed E-state index contributed by atoms with van der Waals surface area (Å²) in [5.74, 6) is 3.78. The molecule has 6 aromatic rings. The van der Waals surface area contributed by atoms with Crippen LogP contribution >= 0.6 is 0 Å². The van der Waals surface area contributed by atoms with Gasteiger partial charge in [-0.2, -0.15) is 0 Å². The Morgan fingerprint density at radius 2 is 1.23 bits per heavy atom. The molecule has 0 saturated heterocycles. The lowest BCUT2D eigenvalue weighted by atomic mass is 9.77. The van der Waals surface area contributed by atoms with Crippen LogP contribution in [0.2, 0.25) is 0 Å². The SMILES string of the molecule is C1=C(C2=CC=C(c3nc(-c4ccccc4)nc(-c4ccccc4)n3)C3c4ccccc4OC23)CCc2c1oc1ccccc21. The average molecular weight is 570 g/mol. The quantitative estimate of drug-likeness (QED) is 0.212. The van der Waals surface area contributed by atoms with Crippen molar-refractivity contribution in [3.63, 3.8) is 0 Å². The number of allylic oxidation sites excluding steroid dienone is 2. The van der Waals surface area contributed by atoms with E-state index in [1.165, 1.54) is 22.1 Å². The Morgan fingerprint density at radius 1 is 0.591 bits per heavy atom. The number of hydrogen-bond donors (Lipinski definition) is 0. The number of furan rings is 1. The zero-order valence-corrected chi connectivity index (χ0v) is 23.9. The molecule has 44 heavy (non-hydrogen) atoms.